The zero-order valence-corrected chi connectivity index (χ0v) is 11.4. The number of nitrogen functional groups attached to an aromatic ring is 1. The first kappa shape index (κ1) is 14.5. The number of carbonyl (C=O) groups excluding carboxylic acids is 2. The maximum absolute atomic E-state index is 11.7. The summed E-state index contributed by atoms with van der Waals surface area (Å²) < 4.78 is 5.25. The highest BCUT2D eigenvalue weighted by Crippen LogP contribution is 2.28. The molecule has 0 aromatic carbocycles. The molecule has 6 nitrogen and oxygen atoms in total. The van der Waals surface area contributed by atoms with Gasteiger partial charge in [0.15, 0.2) is 4.34 Å². The van der Waals surface area contributed by atoms with E-state index in [9.17, 15) is 9.59 Å². The van der Waals surface area contributed by atoms with Gasteiger partial charge in [-0.1, -0.05) is 17.8 Å². The van der Waals surface area contributed by atoms with E-state index in [2.05, 4.69) is 21.6 Å². The summed E-state index contributed by atoms with van der Waals surface area (Å²) in [5.74, 6) is 0.175. The smallest absolute Gasteiger partial charge is 0.414 e. The number of nitrogens with zero attached hydrogens (tertiary/aromatic N) is 1. The average Bonchev–Trinajstić information content (AvgIpc) is 2.68. The second-order valence-electron chi connectivity index (χ2n) is 2.97. The van der Waals surface area contributed by atoms with Gasteiger partial charge in [-0.15, -0.1) is 17.9 Å². The molecule has 0 radical (unpaired) electrons. The molecule has 8 heteroatoms. The molecule has 0 saturated heterocycles. The van der Waals surface area contributed by atoms with E-state index in [-0.39, 0.29) is 17.3 Å². The van der Waals surface area contributed by atoms with Crippen molar-refractivity contribution in [1.29, 1.82) is 0 Å². The molecule has 0 aliphatic carbocycles. The minimum absolute atomic E-state index is 0.105. The Morgan fingerprint density at radius 3 is 3.00 bits per heavy atom. The fraction of sp³-hybridized carbons (Fsp3) is 0.300. The van der Waals surface area contributed by atoms with Gasteiger partial charge in [0.2, 0.25) is 0 Å². The molecule has 1 rings (SSSR count). The molecule has 0 atom stereocenters. The van der Waals surface area contributed by atoms with Crippen molar-refractivity contribution in [3.63, 3.8) is 0 Å². The molecule has 1 aromatic heterocycles. The molecule has 3 N–H and O–H groups in total. The lowest BCUT2D eigenvalue weighted by molar-refractivity contribution is 0.0929. The number of hydrogen-bond donors (Lipinski definition) is 2. The fourth-order valence-corrected chi connectivity index (χ4v) is 2.71. The normalized spacial score (nSPS) is 9.83. The maximum Gasteiger partial charge on any atom is 0.414 e. The third kappa shape index (κ3) is 4.04. The van der Waals surface area contributed by atoms with Gasteiger partial charge in [-0.25, -0.2) is 9.78 Å². The number of thioether (sulfide) groups is 1. The average molecular weight is 287 g/mol. The highest BCUT2D eigenvalue weighted by Gasteiger charge is 2.18. The highest BCUT2D eigenvalue weighted by atomic mass is 32.2. The van der Waals surface area contributed by atoms with Crippen LogP contribution in [-0.2, 0) is 4.74 Å². The first-order valence-corrected chi connectivity index (χ1v) is 6.86. The van der Waals surface area contributed by atoms with Crippen molar-refractivity contribution in [3.05, 3.63) is 17.5 Å². The van der Waals surface area contributed by atoms with Crippen molar-refractivity contribution in [1.82, 2.24) is 10.3 Å². The Morgan fingerprint density at radius 2 is 2.39 bits per heavy atom. The van der Waals surface area contributed by atoms with Crippen LogP contribution >= 0.6 is 23.1 Å². The van der Waals surface area contributed by atoms with Gasteiger partial charge in [-0.2, -0.15) is 0 Å². The van der Waals surface area contributed by atoms with E-state index in [4.69, 9.17) is 5.73 Å². The first-order chi connectivity index (χ1) is 8.58. The van der Waals surface area contributed by atoms with Crippen LogP contribution in [0.4, 0.5) is 10.6 Å². The third-order valence-corrected chi connectivity index (χ3v) is 3.86. The van der Waals surface area contributed by atoms with Crippen LogP contribution in [-0.4, -0.2) is 29.3 Å². The predicted molar refractivity (Wildman–Crippen MR) is 71.9 cm³/mol. The van der Waals surface area contributed by atoms with Crippen molar-refractivity contribution in [3.8, 4) is 0 Å². The number of carbonyl (C=O) groups is 2. The summed E-state index contributed by atoms with van der Waals surface area (Å²) in [5.41, 5.74) is 5.61. The first-order valence-electron chi connectivity index (χ1n) is 5.06. The third-order valence-electron chi connectivity index (χ3n) is 1.66. The molecule has 18 heavy (non-hydrogen) atoms. The second kappa shape index (κ2) is 7.02. The molecule has 98 valence electrons. The van der Waals surface area contributed by atoms with Crippen LogP contribution in [0.5, 0.6) is 0 Å². The zero-order valence-electron chi connectivity index (χ0n) is 9.76. The zero-order chi connectivity index (χ0) is 13.5. The summed E-state index contributed by atoms with van der Waals surface area (Å²) in [7, 11) is 0. The summed E-state index contributed by atoms with van der Waals surface area (Å²) in [6.07, 6.45) is 0.927. The predicted octanol–water partition coefficient (Wildman–Crippen LogP) is 1.89. The molecule has 0 bridgehead atoms. The van der Waals surface area contributed by atoms with E-state index in [1.54, 1.807) is 13.0 Å². The van der Waals surface area contributed by atoms with Gasteiger partial charge < -0.3 is 10.5 Å². The molecule has 0 fully saturated rings. The quantitative estimate of drug-likeness (QED) is 0.634. The Bertz CT molecular complexity index is 459. The number of amides is 2. The minimum atomic E-state index is -0.796. The van der Waals surface area contributed by atoms with E-state index in [0.717, 1.165) is 11.3 Å². The van der Waals surface area contributed by atoms with Gasteiger partial charge >= 0.3 is 6.09 Å². The van der Waals surface area contributed by atoms with Crippen LogP contribution in [0.2, 0.25) is 0 Å². The molecule has 1 heterocycles. The molecule has 0 aliphatic rings. The van der Waals surface area contributed by atoms with E-state index in [1.807, 2.05) is 0 Å². The van der Waals surface area contributed by atoms with Crippen molar-refractivity contribution in [2.45, 2.75) is 11.3 Å². The van der Waals surface area contributed by atoms with Crippen LogP contribution in [0.15, 0.2) is 17.0 Å². The summed E-state index contributed by atoms with van der Waals surface area (Å²) in [6.45, 7) is 5.42. The van der Waals surface area contributed by atoms with E-state index in [0.29, 0.717) is 10.1 Å². The largest absolute Gasteiger partial charge is 0.450 e. The van der Waals surface area contributed by atoms with Gasteiger partial charge in [-0.05, 0) is 6.92 Å². The van der Waals surface area contributed by atoms with Crippen LogP contribution in [0.25, 0.3) is 0 Å². The lowest BCUT2D eigenvalue weighted by Gasteiger charge is -2.01. The molecule has 2 amide bonds. The number of anilines is 1. The Hall–Kier alpha value is -1.54. The van der Waals surface area contributed by atoms with Gasteiger partial charge in [-0.3, -0.25) is 10.1 Å². The van der Waals surface area contributed by atoms with Crippen LogP contribution in [0.3, 0.4) is 0 Å². The molecule has 0 saturated carbocycles. The Morgan fingerprint density at radius 1 is 1.67 bits per heavy atom. The number of nitrogens with one attached hydrogen (secondary N) is 1. The molecule has 1 aromatic rings. The molecule has 0 spiro atoms. The van der Waals surface area contributed by atoms with Crippen LogP contribution < -0.4 is 11.1 Å². The molecular weight excluding hydrogens is 274 g/mol. The van der Waals surface area contributed by atoms with Crippen molar-refractivity contribution in [2.24, 2.45) is 0 Å². The summed E-state index contributed by atoms with van der Waals surface area (Å²) in [4.78, 5) is 27.0. The van der Waals surface area contributed by atoms with Gasteiger partial charge in [0.05, 0.1) is 6.61 Å². The Kier molecular flexibility index (Phi) is 5.66. The SMILES string of the molecule is C=CCSc1nc(N)c(C(=O)NC(=O)OCC)s1. The monoisotopic (exact) mass is 287 g/mol. The number of nitrogens with two attached hydrogens (primary N) is 1. The topological polar surface area (TPSA) is 94.3 Å². The minimum Gasteiger partial charge on any atom is -0.450 e. The Labute approximate surface area is 113 Å². The van der Waals surface area contributed by atoms with E-state index < -0.39 is 12.0 Å². The number of alkyl carbamates (subject to hydrolysis) is 1. The Balaban J connectivity index is 2.70. The highest BCUT2D eigenvalue weighted by molar-refractivity contribution is 8.01. The van der Waals surface area contributed by atoms with Gasteiger partial charge in [0, 0.05) is 5.75 Å². The second-order valence-corrected chi connectivity index (χ2v) is 5.23. The van der Waals surface area contributed by atoms with Crippen molar-refractivity contribution >= 4 is 40.9 Å². The van der Waals surface area contributed by atoms with Gasteiger partial charge in [0.25, 0.3) is 5.91 Å². The summed E-state index contributed by atoms with van der Waals surface area (Å²) >= 11 is 2.54. The fourth-order valence-electron chi connectivity index (χ4n) is 0.983. The standard InChI is InChI=1S/C10H13N3O3S2/c1-3-5-17-10-12-7(11)6(18-10)8(14)13-9(15)16-4-2/h3H,1,4-5,11H2,2H3,(H,13,14,15). The number of aromatic nitrogens is 1. The number of thiazole rings is 1. The lowest BCUT2D eigenvalue weighted by atomic mass is 10.5. The molecular formula is C10H13N3O3S2. The number of imide groups is 1. The van der Waals surface area contributed by atoms with E-state index >= 15 is 0 Å². The van der Waals surface area contributed by atoms with Crippen LogP contribution in [0.1, 0.15) is 16.6 Å². The summed E-state index contributed by atoms with van der Waals surface area (Å²) in [5, 5.41) is 2.07. The molecule has 0 unspecified atom stereocenters. The van der Waals surface area contributed by atoms with Crippen molar-refractivity contribution in [2.75, 3.05) is 18.1 Å². The number of hydrogen-bond acceptors (Lipinski definition) is 7. The number of rotatable bonds is 5. The van der Waals surface area contributed by atoms with Gasteiger partial charge in [0.1, 0.15) is 10.7 Å². The van der Waals surface area contributed by atoms with E-state index in [1.165, 1.54) is 11.8 Å². The lowest BCUT2D eigenvalue weighted by Crippen LogP contribution is -2.30. The van der Waals surface area contributed by atoms with Crippen molar-refractivity contribution < 1.29 is 14.3 Å². The number of ether oxygens (including phenoxy) is 1. The molecule has 0 aliphatic heterocycles. The van der Waals surface area contributed by atoms with Crippen LogP contribution in [0, 0.1) is 0 Å². The summed E-state index contributed by atoms with van der Waals surface area (Å²) in [6, 6.07) is 0. The maximum atomic E-state index is 11.7.